The van der Waals surface area contributed by atoms with Crippen molar-refractivity contribution in [3.05, 3.63) is 0 Å². The van der Waals surface area contributed by atoms with Gasteiger partial charge in [-0.1, -0.05) is 0 Å². The zero-order valence-corrected chi connectivity index (χ0v) is 11.6. The average molecular weight is 306 g/mol. The second kappa shape index (κ2) is 9.28. The first-order valence-electron chi connectivity index (χ1n) is 5.73. The number of nitrogens with two attached hydrogens (primary N) is 2. The molecule has 0 rings (SSSR count). The molecular weight excluding hydrogens is 288 g/mol. The highest BCUT2D eigenvalue weighted by Gasteiger charge is 2.16. The molecule has 0 aliphatic rings. The molecule has 7 N–H and O–H groups in total. The molecule has 0 bridgehead atoms. The van der Waals surface area contributed by atoms with Crippen molar-refractivity contribution in [2.45, 2.75) is 24.9 Å². The van der Waals surface area contributed by atoms with Gasteiger partial charge in [0.1, 0.15) is 6.04 Å². The lowest BCUT2D eigenvalue weighted by atomic mass is 10.1. The number of carboxylic acids is 1. The number of imide groups is 1. The van der Waals surface area contributed by atoms with Gasteiger partial charge in [0, 0.05) is 12.2 Å². The minimum atomic E-state index is -1.22. The Morgan fingerprint density at radius 2 is 1.70 bits per heavy atom. The monoisotopic (exact) mass is 306 g/mol. The third kappa shape index (κ3) is 7.71. The predicted octanol–water partition coefficient (Wildman–Crippen LogP) is -2.81. The average Bonchev–Trinajstić information content (AvgIpc) is 2.40. The summed E-state index contributed by atoms with van der Waals surface area (Å²) >= 11 is 3.82. The molecule has 20 heavy (non-hydrogen) atoms. The molecule has 0 radical (unpaired) electrons. The third-order valence-electron chi connectivity index (χ3n) is 2.24. The van der Waals surface area contributed by atoms with Crippen LogP contribution in [0.25, 0.3) is 0 Å². The second-order valence-electron chi connectivity index (χ2n) is 3.96. The van der Waals surface area contributed by atoms with Crippen molar-refractivity contribution in [2.75, 3.05) is 12.3 Å². The highest BCUT2D eigenvalue weighted by atomic mass is 32.1. The first-order valence-corrected chi connectivity index (χ1v) is 6.36. The molecule has 3 amide bonds. The van der Waals surface area contributed by atoms with Crippen LogP contribution < -0.4 is 22.1 Å². The van der Waals surface area contributed by atoms with Crippen LogP contribution in [0.4, 0.5) is 0 Å². The van der Waals surface area contributed by atoms with Gasteiger partial charge in [-0.25, -0.2) is 0 Å². The Bertz CT molecular complexity index is 390. The Kier molecular flexibility index (Phi) is 8.52. The maximum Gasteiger partial charge on any atom is 0.320 e. The van der Waals surface area contributed by atoms with Crippen molar-refractivity contribution >= 4 is 36.3 Å². The Morgan fingerprint density at radius 3 is 2.20 bits per heavy atom. The van der Waals surface area contributed by atoms with E-state index in [9.17, 15) is 19.2 Å². The van der Waals surface area contributed by atoms with Gasteiger partial charge in [-0.15, -0.1) is 0 Å². The van der Waals surface area contributed by atoms with Crippen molar-refractivity contribution in [1.29, 1.82) is 0 Å². The van der Waals surface area contributed by atoms with E-state index in [2.05, 4.69) is 17.9 Å². The zero-order chi connectivity index (χ0) is 15.7. The first kappa shape index (κ1) is 18.4. The number of aliphatic carboxylic acids is 1. The van der Waals surface area contributed by atoms with Crippen molar-refractivity contribution in [3.63, 3.8) is 0 Å². The summed E-state index contributed by atoms with van der Waals surface area (Å²) in [5.41, 5.74) is 10.6. The lowest BCUT2D eigenvalue weighted by Gasteiger charge is -2.10. The highest BCUT2D eigenvalue weighted by Crippen LogP contribution is 1.94. The van der Waals surface area contributed by atoms with Crippen LogP contribution in [-0.2, 0) is 19.2 Å². The molecule has 0 fully saturated rings. The van der Waals surface area contributed by atoms with Crippen LogP contribution in [0.2, 0.25) is 0 Å². The summed E-state index contributed by atoms with van der Waals surface area (Å²) in [4.78, 5) is 44.2. The van der Waals surface area contributed by atoms with Gasteiger partial charge in [0.15, 0.2) is 0 Å². The van der Waals surface area contributed by atoms with Crippen LogP contribution in [0.5, 0.6) is 0 Å². The molecule has 0 unspecified atom stereocenters. The largest absolute Gasteiger partial charge is 0.480 e. The summed E-state index contributed by atoms with van der Waals surface area (Å²) in [7, 11) is 0. The van der Waals surface area contributed by atoms with Gasteiger partial charge in [-0.05, 0) is 6.42 Å². The third-order valence-corrected chi connectivity index (χ3v) is 2.63. The minimum absolute atomic E-state index is 0.0919. The maximum atomic E-state index is 11.3. The summed E-state index contributed by atoms with van der Waals surface area (Å²) in [5.74, 6) is -3.05. The smallest absolute Gasteiger partial charge is 0.320 e. The molecule has 2 atom stereocenters. The van der Waals surface area contributed by atoms with E-state index in [1.165, 1.54) is 0 Å². The number of thiol groups is 1. The quantitative estimate of drug-likeness (QED) is 0.263. The number of hydrogen-bond donors (Lipinski definition) is 6. The number of carbonyl (C=O) groups is 4. The van der Waals surface area contributed by atoms with Gasteiger partial charge in [0.05, 0.1) is 12.6 Å². The van der Waals surface area contributed by atoms with Gasteiger partial charge in [-0.3, -0.25) is 24.5 Å². The molecule has 9 nitrogen and oxygen atoms in total. The van der Waals surface area contributed by atoms with Crippen LogP contribution in [0.1, 0.15) is 12.8 Å². The van der Waals surface area contributed by atoms with Crippen LogP contribution >= 0.6 is 12.6 Å². The van der Waals surface area contributed by atoms with Gasteiger partial charge in [-0.2, -0.15) is 12.6 Å². The standard InChI is InChI=1S/C10H18N4O5S/c11-5(10(18)19)1-2-7(15)14-8(16)3-13-9(17)6(12)4-20/h5-6,20H,1-4,11-12H2,(H,13,17)(H,18,19)(H,14,15,16)/t5-,6-/m0/s1. The van der Waals surface area contributed by atoms with Gasteiger partial charge >= 0.3 is 5.97 Å². The fourth-order valence-corrected chi connectivity index (χ4v) is 1.22. The summed E-state index contributed by atoms with van der Waals surface area (Å²) in [6.45, 7) is -0.406. The Hall–Kier alpha value is -1.65. The molecule has 0 aliphatic heterocycles. The molecule has 0 aromatic rings. The first-order chi connectivity index (χ1) is 9.27. The molecule has 0 aromatic carbocycles. The van der Waals surface area contributed by atoms with E-state index >= 15 is 0 Å². The fraction of sp³-hybridized carbons (Fsp3) is 0.600. The van der Waals surface area contributed by atoms with Crippen LogP contribution in [0, 0.1) is 0 Å². The summed E-state index contributed by atoms with van der Waals surface area (Å²) in [5, 5.41) is 12.7. The molecule has 0 spiro atoms. The van der Waals surface area contributed by atoms with Crippen molar-refractivity contribution in [3.8, 4) is 0 Å². The van der Waals surface area contributed by atoms with Gasteiger partial charge < -0.3 is 21.9 Å². The van der Waals surface area contributed by atoms with E-state index in [4.69, 9.17) is 16.6 Å². The van der Waals surface area contributed by atoms with E-state index in [-0.39, 0.29) is 18.6 Å². The molecule has 0 heterocycles. The normalized spacial score (nSPS) is 13.2. The van der Waals surface area contributed by atoms with E-state index < -0.39 is 42.3 Å². The van der Waals surface area contributed by atoms with Crippen LogP contribution in [0.3, 0.4) is 0 Å². The second-order valence-corrected chi connectivity index (χ2v) is 4.33. The molecular formula is C10H18N4O5S. The highest BCUT2D eigenvalue weighted by molar-refractivity contribution is 7.80. The Labute approximate surface area is 120 Å². The number of carboxylic acid groups (broad SMARTS) is 1. The maximum absolute atomic E-state index is 11.3. The van der Waals surface area contributed by atoms with E-state index in [0.717, 1.165) is 0 Å². The summed E-state index contributed by atoms with van der Waals surface area (Å²) < 4.78 is 0. The molecule has 114 valence electrons. The topological polar surface area (TPSA) is 165 Å². The Morgan fingerprint density at radius 1 is 1.10 bits per heavy atom. The molecule has 0 aliphatic carbocycles. The van der Waals surface area contributed by atoms with E-state index in [1.54, 1.807) is 0 Å². The molecule has 10 heteroatoms. The minimum Gasteiger partial charge on any atom is -0.480 e. The zero-order valence-electron chi connectivity index (χ0n) is 10.7. The van der Waals surface area contributed by atoms with Crippen molar-refractivity contribution in [1.82, 2.24) is 10.6 Å². The van der Waals surface area contributed by atoms with E-state index in [0.29, 0.717) is 0 Å². The number of hydrogen-bond acceptors (Lipinski definition) is 7. The summed E-state index contributed by atoms with van der Waals surface area (Å²) in [6.07, 6.45) is -0.297. The SMILES string of the molecule is N[C@@H](CCC(=O)NC(=O)CNC(=O)[C@@H](N)CS)C(=O)O. The fourth-order valence-electron chi connectivity index (χ4n) is 1.05. The van der Waals surface area contributed by atoms with Gasteiger partial charge in [0.25, 0.3) is 0 Å². The lowest BCUT2D eigenvalue weighted by molar-refractivity contribution is -0.138. The molecule has 0 saturated heterocycles. The molecule has 0 aromatic heterocycles. The predicted molar refractivity (Wildman–Crippen MR) is 72.8 cm³/mol. The summed E-state index contributed by atoms with van der Waals surface area (Å²) in [6, 6.07) is -2.00. The number of carbonyl (C=O) groups excluding carboxylic acids is 3. The van der Waals surface area contributed by atoms with Crippen LogP contribution in [-0.4, -0.2) is 53.2 Å². The Balaban J connectivity index is 3.94. The van der Waals surface area contributed by atoms with Gasteiger partial charge in [0.2, 0.25) is 17.7 Å². The number of rotatable bonds is 8. The van der Waals surface area contributed by atoms with Crippen molar-refractivity contribution < 1.29 is 24.3 Å². The van der Waals surface area contributed by atoms with E-state index in [1.807, 2.05) is 5.32 Å². The molecule has 0 saturated carbocycles. The van der Waals surface area contributed by atoms with Crippen molar-refractivity contribution in [2.24, 2.45) is 11.5 Å². The number of nitrogens with one attached hydrogen (secondary N) is 2. The number of amides is 3. The lowest BCUT2D eigenvalue weighted by Crippen LogP contribution is -2.46. The van der Waals surface area contributed by atoms with Crippen LogP contribution in [0.15, 0.2) is 0 Å².